The van der Waals surface area contributed by atoms with Crippen LogP contribution in [-0.4, -0.2) is 24.6 Å². The molecule has 0 bridgehead atoms. The maximum Gasteiger partial charge on any atom is 0.262 e. The zero-order valence-corrected chi connectivity index (χ0v) is 15.7. The fourth-order valence-electron chi connectivity index (χ4n) is 2.46. The Balaban J connectivity index is 1.79. The van der Waals surface area contributed by atoms with E-state index in [1.54, 1.807) is 37.4 Å². The summed E-state index contributed by atoms with van der Waals surface area (Å²) >= 11 is 12.5. The Morgan fingerprint density at radius 2 is 1.96 bits per heavy atom. The molecule has 134 valence electrons. The summed E-state index contributed by atoms with van der Waals surface area (Å²) in [6.45, 7) is 1.64. The van der Waals surface area contributed by atoms with Crippen molar-refractivity contribution in [3.8, 4) is 11.5 Å². The van der Waals surface area contributed by atoms with Crippen LogP contribution in [0.2, 0.25) is 10.0 Å². The van der Waals surface area contributed by atoms with Gasteiger partial charge in [0.2, 0.25) is 0 Å². The molecule has 5 nitrogen and oxygen atoms in total. The molecule has 0 aliphatic rings. The zero-order chi connectivity index (χ0) is 18.7. The normalized spacial score (nSPS) is 10.6. The lowest BCUT2D eigenvalue weighted by molar-refractivity contribution is -0.118. The topological polar surface area (TPSA) is 60.5 Å². The van der Waals surface area contributed by atoms with Crippen LogP contribution in [0.4, 0.5) is 5.69 Å². The van der Waals surface area contributed by atoms with Gasteiger partial charge in [0.1, 0.15) is 11.3 Å². The third-order valence-corrected chi connectivity index (χ3v) is 4.27. The van der Waals surface area contributed by atoms with E-state index in [1.165, 1.54) is 0 Å². The number of hydrogen-bond donors (Lipinski definition) is 1. The van der Waals surface area contributed by atoms with E-state index in [-0.39, 0.29) is 12.5 Å². The average molecular weight is 391 g/mol. The monoisotopic (exact) mass is 390 g/mol. The number of carbonyl (C=O) groups excluding carboxylic acids is 1. The van der Waals surface area contributed by atoms with Crippen molar-refractivity contribution >= 4 is 45.7 Å². The molecule has 0 aliphatic heterocycles. The number of carbonyl (C=O) groups is 1. The predicted molar refractivity (Wildman–Crippen MR) is 104 cm³/mol. The molecule has 1 amide bonds. The van der Waals surface area contributed by atoms with Crippen LogP contribution in [0.1, 0.15) is 5.69 Å². The summed E-state index contributed by atoms with van der Waals surface area (Å²) in [4.78, 5) is 16.6. The van der Waals surface area contributed by atoms with Crippen molar-refractivity contribution in [2.45, 2.75) is 6.92 Å². The van der Waals surface area contributed by atoms with Gasteiger partial charge in [-0.15, -0.1) is 0 Å². The summed E-state index contributed by atoms with van der Waals surface area (Å²) in [5.74, 6) is 0.649. The molecule has 0 saturated heterocycles. The third kappa shape index (κ3) is 4.00. The van der Waals surface area contributed by atoms with E-state index in [1.807, 2.05) is 19.1 Å². The van der Waals surface area contributed by atoms with Crippen LogP contribution in [0.3, 0.4) is 0 Å². The number of hydrogen-bond acceptors (Lipinski definition) is 4. The summed E-state index contributed by atoms with van der Waals surface area (Å²) in [6.07, 6.45) is 0. The van der Waals surface area contributed by atoms with Gasteiger partial charge >= 0.3 is 0 Å². The summed E-state index contributed by atoms with van der Waals surface area (Å²) in [5, 5.41) is 4.23. The van der Waals surface area contributed by atoms with Crippen LogP contribution in [0.5, 0.6) is 11.5 Å². The van der Waals surface area contributed by atoms with E-state index in [2.05, 4.69) is 10.3 Å². The molecular weight excluding hydrogens is 375 g/mol. The Morgan fingerprint density at radius 3 is 2.73 bits per heavy atom. The average Bonchev–Trinajstić information content (AvgIpc) is 2.61. The molecule has 1 aromatic heterocycles. The maximum absolute atomic E-state index is 12.2. The molecule has 0 radical (unpaired) electrons. The number of aromatic nitrogens is 1. The van der Waals surface area contributed by atoms with Crippen molar-refractivity contribution in [1.29, 1.82) is 0 Å². The minimum Gasteiger partial charge on any atom is -0.497 e. The number of nitrogens with zero attached hydrogens (tertiary/aromatic N) is 1. The van der Waals surface area contributed by atoms with Gasteiger partial charge < -0.3 is 14.8 Å². The minimum absolute atomic E-state index is 0.219. The lowest BCUT2D eigenvalue weighted by atomic mass is 10.2. The Hall–Kier alpha value is -2.50. The lowest BCUT2D eigenvalue weighted by Gasteiger charge is -2.12. The lowest BCUT2D eigenvalue weighted by Crippen LogP contribution is -2.20. The van der Waals surface area contributed by atoms with Crippen LogP contribution >= 0.6 is 23.2 Å². The van der Waals surface area contributed by atoms with E-state index in [9.17, 15) is 4.79 Å². The molecule has 0 saturated carbocycles. The first-order valence-corrected chi connectivity index (χ1v) is 8.55. The first-order valence-electron chi connectivity index (χ1n) is 7.80. The summed E-state index contributed by atoms with van der Waals surface area (Å²) in [6, 6.07) is 12.3. The second-order valence-electron chi connectivity index (χ2n) is 5.59. The largest absolute Gasteiger partial charge is 0.497 e. The number of halogens is 2. The van der Waals surface area contributed by atoms with E-state index in [0.717, 1.165) is 5.69 Å². The second-order valence-corrected chi connectivity index (χ2v) is 6.40. The van der Waals surface area contributed by atoms with E-state index < -0.39 is 0 Å². The van der Waals surface area contributed by atoms with Crippen molar-refractivity contribution in [2.75, 3.05) is 19.0 Å². The van der Waals surface area contributed by atoms with Crippen molar-refractivity contribution in [1.82, 2.24) is 4.98 Å². The molecule has 3 rings (SSSR count). The highest BCUT2D eigenvalue weighted by atomic mass is 35.5. The maximum atomic E-state index is 12.2. The molecule has 7 heteroatoms. The molecule has 0 aliphatic carbocycles. The number of anilines is 1. The molecule has 0 unspecified atom stereocenters. The number of amides is 1. The fourth-order valence-corrected chi connectivity index (χ4v) is 3.03. The predicted octanol–water partition coefficient (Wildman–Crippen LogP) is 4.88. The van der Waals surface area contributed by atoms with Crippen molar-refractivity contribution in [3.05, 3.63) is 58.2 Å². The molecule has 0 spiro atoms. The standard InChI is InChI=1S/C19H16Cl2N2O3/c1-11-6-7-14-15(20)9-16(21)19(18(14)22-11)26-10-17(24)23-12-4-3-5-13(8-12)25-2/h3-9H,10H2,1-2H3,(H,23,24). The molecule has 1 N–H and O–H groups in total. The molecule has 1 heterocycles. The number of methoxy groups -OCH3 is 1. The summed E-state index contributed by atoms with van der Waals surface area (Å²) < 4.78 is 10.8. The highest BCUT2D eigenvalue weighted by molar-refractivity contribution is 6.39. The van der Waals surface area contributed by atoms with Gasteiger partial charge in [-0.25, -0.2) is 4.98 Å². The highest BCUT2D eigenvalue weighted by Gasteiger charge is 2.15. The quantitative estimate of drug-likeness (QED) is 0.674. The first kappa shape index (κ1) is 18.3. The van der Waals surface area contributed by atoms with Gasteiger partial charge in [0.25, 0.3) is 5.91 Å². The molecule has 0 atom stereocenters. The second kappa shape index (κ2) is 7.81. The van der Waals surface area contributed by atoms with Crippen LogP contribution in [0.15, 0.2) is 42.5 Å². The summed E-state index contributed by atoms with van der Waals surface area (Å²) in [7, 11) is 1.56. The van der Waals surface area contributed by atoms with Gasteiger partial charge in [-0.05, 0) is 37.3 Å². The Kier molecular flexibility index (Phi) is 5.49. The zero-order valence-electron chi connectivity index (χ0n) is 14.2. The SMILES string of the molecule is COc1cccc(NC(=O)COc2c(Cl)cc(Cl)c3ccc(C)nc23)c1. The molecule has 2 aromatic carbocycles. The van der Waals surface area contributed by atoms with E-state index >= 15 is 0 Å². The molecule has 26 heavy (non-hydrogen) atoms. The third-order valence-electron chi connectivity index (χ3n) is 3.68. The Morgan fingerprint density at radius 1 is 1.15 bits per heavy atom. The van der Waals surface area contributed by atoms with Gasteiger partial charge in [0, 0.05) is 22.8 Å². The van der Waals surface area contributed by atoms with Crippen molar-refractivity contribution in [2.24, 2.45) is 0 Å². The number of rotatable bonds is 5. The van der Waals surface area contributed by atoms with Gasteiger partial charge in [0.05, 0.1) is 17.2 Å². The van der Waals surface area contributed by atoms with E-state index in [4.69, 9.17) is 32.7 Å². The number of pyridine rings is 1. The molecular formula is C19H16Cl2N2O3. The van der Waals surface area contributed by atoms with Gasteiger partial charge in [-0.1, -0.05) is 29.3 Å². The van der Waals surface area contributed by atoms with Crippen LogP contribution in [0.25, 0.3) is 10.9 Å². The summed E-state index contributed by atoms with van der Waals surface area (Å²) in [5.41, 5.74) is 1.93. The van der Waals surface area contributed by atoms with Gasteiger partial charge in [-0.3, -0.25) is 4.79 Å². The van der Waals surface area contributed by atoms with Crippen LogP contribution < -0.4 is 14.8 Å². The van der Waals surface area contributed by atoms with E-state index in [0.29, 0.717) is 38.1 Å². The number of aryl methyl sites for hydroxylation is 1. The number of nitrogens with one attached hydrogen (secondary N) is 1. The van der Waals surface area contributed by atoms with Gasteiger partial charge in [0.15, 0.2) is 12.4 Å². The number of ether oxygens (including phenoxy) is 2. The van der Waals surface area contributed by atoms with Crippen LogP contribution in [-0.2, 0) is 4.79 Å². The Bertz CT molecular complexity index is 976. The fraction of sp³-hybridized carbons (Fsp3) is 0.158. The first-order chi connectivity index (χ1) is 12.5. The Labute approximate surface area is 160 Å². The molecule has 3 aromatic rings. The smallest absolute Gasteiger partial charge is 0.262 e. The van der Waals surface area contributed by atoms with Gasteiger partial charge in [-0.2, -0.15) is 0 Å². The number of fused-ring (bicyclic) bond motifs is 1. The van der Waals surface area contributed by atoms with Crippen LogP contribution in [0, 0.1) is 6.92 Å². The molecule has 0 fully saturated rings. The van der Waals surface area contributed by atoms with Crippen molar-refractivity contribution < 1.29 is 14.3 Å². The van der Waals surface area contributed by atoms with Crippen molar-refractivity contribution in [3.63, 3.8) is 0 Å². The highest BCUT2D eigenvalue weighted by Crippen LogP contribution is 2.37. The number of benzene rings is 2. The minimum atomic E-state index is -0.329.